The summed E-state index contributed by atoms with van der Waals surface area (Å²) in [7, 11) is 0. The minimum Gasteiger partial charge on any atom is -0.350 e. The topological polar surface area (TPSA) is 49.4 Å². The maximum absolute atomic E-state index is 12.9. The van der Waals surface area contributed by atoms with E-state index in [2.05, 4.69) is 19.2 Å². The second-order valence-corrected chi connectivity index (χ2v) is 7.52. The number of benzene rings is 2. The molecule has 2 amide bonds. The van der Waals surface area contributed by atoms with E-state index in [1.165, 1.54) is 0 Å². The van der Waals surface area contributed by atoms with Gasteiger partial charge in [-0.2, -0.15) is 0 Å². The zero-order chi connectivity index (χ0) is 18.7. The second-order valence-electron chi connectivity index (χ2n) is 7.08. The first kappa shape index (κ1) is 18.5. The number of nitrogens with one attached hydrogen (secondary N) is 1. The van der Waals surface area contributed by atoms with Gasteiger partial charge in [0.15, 0.2) is 0 Å². The van der Waals surface area contributed by atoms with Crippen LogP contribution in [0.1, 0.15) is 41.8 Å². The van der Waals surface area contributed by atoms with Crippen LogP contribution in [-0.2, 0) is 17.9 Å². The summed E-state index contributed by atoms with van der Waals surface area (Å²) in [5.41, 5.74) is 2.66. The minimum atomic E-state index is -0.470. The molecule has 0 spiro atoms. The molecule has 0 radical (unpaired) electrons. The number of hydrogen-bond donors (Lipinski definition) is 1. The maximum atomic E-state index is 12.9. The highest BCUT2D eigenvalue weighted by molar-refractivity contribution is 6.30. The highest BCUT2D eigenvalue weighted by Crippen LogP contribution is 2.27. The molecule has 1 aliphatic rings. The summed E-state index contributed by atoms with van der Waals surface area (Å²) in [4.78, 5) is 27.3. The van der Waals surface area contributed by atoms with Gasteiger partial charge in [0.25, 0.3) is 5.91 Å². The fraction of sp³-hybridized carbons (Fsp3) is 0.333. The molecule has 0 unspecified atom stereocenters. The van der Waals surface area contributed by atoms with Crippen LogP contribution in [0.2, 0.25) is 5.02 Å². The summed E-state index contributed by atoms with van der Waals surface area (Å²) in [5.74, 6) is 0.125. The number of fused-ring (bicyclic) bond motifs is 1. The van der Waals surface area contributed by atoms with E-state index in [9.17, 15) is 9.59 Å². The molecular formula is C21H23ClN2O2. The number of carbonyl (C=O) groups excluding carboxylic acids is 2. The molecule has 1 aliphatic heterocycles. The highest BCUT2D eigenvalue weighted by atomic mass is 35.5. The predicted octanol–water partition coefficient (Wildman–Crippen LogP) is 4.03. The molecule has 0 aliphatic carbocycles. The van der Waals surface area contributed by atoms with Crippen LogP contribution in [0.4, 0.5) is 0 Å². The largest absolute Gasteiger partial charge is 0.350 e. The van der Waals surface area contributed by atoms with Crippen LogP contribution in [0.5, 0.6) is 0 Å². The van der Waals surface area contributed by atoms with E-state index in [1.54, 1.807) is 17.0 Å². The van der Waals surface area contributed by atoms with Crippen LogP contribution >= 0.6 is 11.6 Å². The Balaban J connectivity index is 1.72. The van der Waals surface area contributed by atoms with Gasteiger partial charge in [-0.1, -0.05) is 55.8 Å². The van der Waals surface area contributed by atoms with Gasteiger partial charge in [0.1, 0.15) is 6.04 Å². The van der Waals surface area contributed by atoms with Crippen molar-refractivity contribution in [3.63, 3.8) is 0 Å². The summed E-state index contributed by atoms with van der Waals surface area (Å²) in [6.45, 7) is 5.03. The average molecular weight is 371 g/mol. The Morgan fingerprint density at radius 2 is 1.85 bits per heavy atom. The van der Waals surface area contributed by atoms with E-state index in [0.717, 1.165) is 11.1 Å². The highest BCUT2D eigenvalue weighted by Gasteiger charge is 2.36. The summed E-state index contributed by atoms with van der Waals surface area (Å²) in [6.07, 6.45) is 0.631. The smallest absolute Gasteiger partial charge is 0.255 e. The van der Waals surface area contributed by atoms with E-state index in [4.69, 9.17) is 11.6 Å². The third-order valence-electron chi connectivity index (χ3n) is 4.60. The van der Waals surface area contributed by atoms with E-state index >= 15 is 0 Å². The zero-order valence-corrected chi connectivity index (χ0v) is 15.8. The molecule has 1 heterocycles. The van der Waals surface area contributed by atoms with Gasteiger partial charge in [-0.3, -0.25) is 9.59 Å². The van der Waals surface area contributed by atoms with Crippen LogP contribution in [-0.4, -0.2) is 22.8 Å². The number of nitrogens with zero attached hydrogens (tertiary/aromatic N) is 1. The first-order valence-electron chi connectivity index (χ1n) is 8.86. The van der Waals surface area contributed by atoms with Crippen LogP contribution < -0.4 is 5.32 Å². The standard InChI is InChI=1S/C21H23ClN2O2/c1-14(2)11-19(20(25)23-12-15-7-9-17(22)10-8-15)24-13-16-5-3-4-6-18(16)21(24)26/h3-10,14,19H,11-13H2,1-2H3,(H,23,25)/t19-/m1/s1. The lowest BCUT2D eigenvalue weighted by molar-refractivity contribution is -0.126. The molecule has 1 atom stereocenters. The fourth-order valence-electron chi connectivity index (χ4n) is 3.26. The molecule has 3 rings (SSSR count). The summed E-state index contributed by atoms with van der Waals surface area (Å²) < 4.78 is 0. The van der Waals surface area contributed by atoms with Crippen molar-refractivity contribution >= 4 is 23.4 Å². The molecule has 2 aromatic carbocycles. The SMILES string of the molecule is CC(C)C[C@H](C(=O)NCc1ccc(Cl)cc1)N1Cc2ccccc2C1=O. The van der Waals surface area contributed by atoms with Gasteiger partial charge in [0.2, 0.25) is 5.91 Å². The fourth-order valence-corrected chi connectivity index (χ4v) is 3.39. The molecule has 0 fully saturated rings. The Hall–Kier alpha value is -2.33. The van der Waals surface area contributed by atoms with Crippen molar-refractivity contribution in [2.45, 2.75) is 39.4 Å². The van der Waals surface area contributed by atoms with Crippen molar-refractivity contribution in [1.29, 1.82) is 0 Å². The molecule has 2 aromatic rings. The van der Waals surface area contributed by atoms with Crippen LogP contribution in [0, 0.1) is 5.92 Å². The zero-order valence-electron chi connectivity index (χ0n) is 15.0. The number of hydrogen-bond acceptors (Lipinski definition) is 2. The molecule has 0 saturated heterocycles. The van der Waals surface area contributed by atoms with Crippen molar-refractivity contribution in [2.24, 2.45) is 5.92 Å². The summed E-state index contributed by atoms with van der Waals surface area (Å²) in [6, 6.07) is 14.5. The lowest BCUT2D eigenvalue weighted by atomic mass is 10.0. The molecule has 136 valence electrons. The van der Waals surface area contributed by atoms with Gasteiger partial charge in [0.05, 0.1) is 0 Å². The van der Waals surface area contributed by atoms with Gasteiger partial charge in [-0.05, 0) is 41.7 Å². The normalized spacial score (nSPS) is 14.5. The Morgan fingerprint density at radius 3 is 2.50 bits per heavy atom. The molecule has 26 heavy (non-hydrogen) atoms. The van der Waals surface area contributed by atoms with Crippen molar-refractivity contribution in [3.8, 4) is 0 Å². The first-order valence-corrected chi connectivity index (χ1v) is 9.24. The number of carbonyl (C=O) groups is 2. The van der Waals surface area contributed by atoms with E-state index < -0.39 is 6.04 Å². The Bertz CT molecular complexity index is 802. The quantitative estimate of drug-likeness (QED) is 0.834. The number of halogens is 1. The molecular weight excluding hydrogens is 348 g/mol. The second kappa shape index (κ2) is 7.92. The van der Waals surface area contributed by atoms with Crippen LogP contribution in [0.3, 0.4) is 0 Å². The molecule has 0 aromatic heterocycles. The molecule has 4 nitrogen and oxygen atoms in total. The summed E-state index contributed by atoms with van der Waals surface area (Å²) >= 11 is 5.90. The molecule has 0 bridgehead atoms. The Labute approximate surface area is 159 Å². The molecule has 5 heteroatoms. The van der Waals surface area contributed by atoms with Crippen molar-refractivity contribution in [3.05, 3.63) is 70.2 Å². The van der Waals surface area contributed by atoms with Crippen LogP contribution in [0.25, 0.3) is 0 Å². The minimum absolute atomic E-state index is 0.0621. The van der Waals surface area contributed by atoms with E-state index in [-0.39, 0.29) is 11.8 Å². The first-order chi connectivity index (χ1) is 12.5. The van der Waals surface area contributed by atoms with Gasteiger partial charge in [-0.15, -0.1) is 0 Å². The van der Waals surface area contributed by atoms with Crippen molar-refractivity contribution in [1.82, 2.24) is 10.2 Å². The monoisotopic (exact) mass is 370 g/mol. The van der Waals surface area contributed by atoms with Crippen molar-refractivity contribution in [2.75, 3.05) is 0 Å². The van der Waals surface area contributed by atoms with Crippen LogP contribution in [0.15, 0.2) is 48.5 Å². The Morgan fingerprint density at radius 1 is 1.15 bits per heavy atom. The van der Waals surface area contributed by atoms with E-state index in [0.29, 0.717) is 36.0 Å². The van der Waals surface area contributed by atoms with Crippen molar-refractivity contribution < 1.29 is 9.59 Å². The van der Waals surface area contributed by atoms with Gasteiger partial charge in [-0.25, -0.2) is 0 Å². The third kappa shape index (κ3) is 4.07. The third-order valence-corrected chi connectivity index (χ3v) is 4.85. The van der Waals surface area contributed by atoms with Gasteiger partial charge in [0, 0.05) is 23.7 Å². The molecule has 1 N–H and O–H groups in total. The van der Waals surface area contributed by atoms with Gasteiger partial charge >= 0.3 is 0 Å². The number of rotatable bonds is 6. The average Bonchev–Trinajstić information content (AvgIpc) is 2.96. The lowest BCUT2D eigenvalue weighted by Crippen LogP contribution is -2.47. The van der Waals surface area contributed by atoms with E-state index in [1.807, 2.05) is 36.4 Å². The lowest BCUT2D eigenvalue weighted by Gasteiger charge is -2.28. The molecule has 0 saturated carbocycles. The predicted molar refractivity (Wildman–Crippen MR) is 103 cm³/mol. The summed E-state index contributed by atoms with van der Waals surface area (Å²) in [5, 5.41) is 3.64. The number of amides is 2. The Kier molecular flexibility index (Phi) is 5.62. The maximum Gasteiger partial charge on any atom is 0.255 e. The van der Waals surface area contributed by atoms with Gasteiger partial charge < -0.3 is 10.2 Å².